The number of anilines is 2. The highest BCUT2D eigenvalue weighted by Gasteiger charge is 2.45. The normalized spacial score (nSPS) is 19.0. The summed E-state index contributed by atoms with van der Waals surface area (Å²) in [5.74, 6) is 0.612. The number of aromatic nitrogens is 2. The van der Waals surface area contributed by atoms with Gasteiger partial charge in [0.15, 0.2) is 6.04 Å². The van der Waals surface area contributed by atoms with E-state index in [0.717, 1.165) is 9.37 Å². The molecule has 5 rings (SSSR count). The van der Waals surface area contributed by atoms with Gasteiger partial charge in [0.25, 0.3) is 11.8 Å². The van der Waals surface area contributed by atoms with Gasteiger partial charge in [-0.3, -0.25) is 19.8 Å². The van der Waals surface area contributed by atoms with E-state index in [9.17, 15) is 14.4 Å². The van der Waals surface area contributed by atoms with Gasteiger partial charge in [-0.1, -0.05) is 15.9 Å². The maximum Gasteiger partial charge on any atom is 0.335 e. The van der Waals surface area contributed by atoms with Crippen LogP contribution in [0.4, 0.5) is 16.4 Å². The standard InChI is InChI=1S/C24H21BrN6O4/c25-16-2-6-18(7-3-16)35-19-8-4-17(5-9-19)31-22(33)20(21(32)28-24(31)34)29-12-14-30(15-13-29)23-26-10-1-11-27-23/h1-11,20H,12-15H2,(H,28,32,34). The van der Waals surface area contributed by atoms with Gasteiger partial charge in [-0.15, -0.1) is 0 Å². The van der Waals surface area contributed by atoms with E-state index in [-0.39, 0.29) is 0 Å². The first-order valence-electron chi connectivity index (χ1n) is 11.0. The number of nitrogens with zero attached hydrogens (tertiary/aromatic N) is 5. The fourth-order valence-corrected chi connectivity index (χ4v) is 4.33. The fraction of sp³-hybridized carbons (Fsp3) is 0.208. The number of benzene rings is 2. The maximum absolute atomic E-state index is 13.3. The Kier molecular flexibility index (Phi) is 6.43. The highest BCUT2D eigenvalue weighted by molar-refractivity contribution is 9.10. The molecule has 2 fully saturated rings. The van der Waals surface area contributed by atoms with Crippen molar-refractivity contribution in [3.8, 4) is 11.5 Å². The highest BCUT2D eigenvalue weighted by atomic mass is 79.9. The van der Waals surface area contributed by atoms with Gasteiger partial charge in [0.05, 0.1) is 5.69 Å². The van der Waals surface area contributed by atoms with E-state index >= 15 is 0 Å². The number of barbiturate groups is 1. The lowest BCUT2D eigenvalue weighted by molar-refractivity contribution is -0.136. The number of rotatable bonds is 5. The third-order valence-electron chi connectivity index (χ3n) is 5.79. The van der Waals surface area contributed by atoms with Gasteiger partial charge in [-0.25, -0.2) is 19.7 Å². The number of hydrogen-bond acceptors (Lipinski definition) is 8. The van der Waals surface area contributed by atoms with E-state index in [1.807, 2.05) is 29.2 Å². The number of amides is 4. The second kappa shape index (κ2) is 9.80. The van der Waals surface area contributed by atoms with Crippen LogP contribution in [0, 0.1) is 0 Å². The summed E-state index contributed by atoms with van der Waals surface area (Å²) in [5, 5.41) is 2.32. The SMILES string of the molecule is O=C1NC(=O)N(c2ccc(Oc3ccc(Br)cc3)cc2)C(=O)C1N1CCN(c2ncccn2)CC1. The van der Waals surface area contributed by atoms with Crippen molar-refractivity contribution in [2.24, 2.45) is 0 Å². The number of carbonyl (C=O) groups excluding carboxylic acids is 3. The number of hydrogen-bond donors (Lipinski definition) is 1. The fourth-order valence-electron chi connectivity index (χ4n) is 4.07. The van der Waals surface area contributed by atoms with Gasteiger partial charge in [0.2, 0.25) is 5.95 Å². The molecular weight excluding hydrogens is 516 g/mol. The smallest absolute Gasteiger partial charge is 0.335 e. The maximum atomic E-state index is 13.3. The minimum atomic E-state index is -1.09. The summed E-state index contributed by atoms with van der Waals surface area (Å²) in [6, 6.07) is 13.8. The topological polar surface area (TPSA) is 108 Å². The summed E-state index contributed by atoms with van der Waals surface area (Å²) in [7, 11) is 0. The van der Waals surface area contributed by atoms with Gasteiger partial charge in [0, 0.05) is 43.0 Å². The molecule has 2 aliphatic heterocycles. The van der Waals surface area contributed by atoms with Crippen LogP contribution in [-0.2, 0) is 9.59 Å². The van der Waals surface area contributed by atoms with Crippen molar-refractivity contribution in [3.05, 3.63) is 71.5 Å². The molecule has 11 heteroatoms. The van der Waals surface area contributed by atoms with E-state index < -0.39 is 23.9 Å². The first-order valence-corrected chi connectivity index (χ1v) is 11.8. The molecule has 0 radical (unpaired) electrons. The van der Waals surface area contributed by atoms with Crippen LogP contribution in [0.5, 0.6) is 11.5 Å². The molecule has 2 saturated heterocycles. The molecule has 0 aliphatic carbocycles. The van der Waals surface area contributed by atoms with Crippen LogP contribution in [0.2, 0.25) is 0 Å². The Hall–Kier alpha value is -3.83. The quantitative estimate of drug-likeness (QED) is 0.496. The van der Waals surface area contributed by atoms with Crippen molar-refractivity contribution < 1.29 is 19.1 Å². The molecule has 3 heterocycles. The summed E-state index contributed by atoms with van der Waals surface area (Å²) >= 11 is 3.38. The van der Waals surface area contributed by atoms with E-state index in [2.05, 4.69) is 31.2 Å². The summed E-state index contributed by atoms with van der Waals surface area (Å²) in [6.45, 7) is 2.00. The Balaban J connectivity index is 1.28. The van der Waals surface area contributed by atoms with Crippen molar-refractivity contribution in [3.63, 3.8) is 0 Å². The second-order valence-electron chi connectivity index (χ2n) is 7.99. The molecule has 178 valence electrons. The van der Waals surface area contributed by atoms with E-state index in [1.165, 1.54) is 0 Å². The summed E-state index contributed by atoms with van der Waals surface area (Å²) < 4.78 is 6.75. The Bertz CT molecular complexity index is 1230. The molecule has 2 aliphatic rings. The minimum Gasteiger partial charge on any atom is -0.457 e. The van der Waals surface area contributed by atoms with Crippen LogP contribution in [0.1, 0.15) is 0 Å². The van der Waals surface area contributed by atoms with Crippen LogP contribution in [0.15, 0.2) is 71.5 Å². The van der Waals surface area contributed by atoms with Crippen molar-refractivity contribution in [2.75, 3.05) is 36.0 Å². The van der Waals surface area contributed by atoms with Gasteiger partial charge in [-0.05, 0) is 54.6 Å². The lowest BCUT2D eigenvalue weighted by atomic mass is 10.1. The van der Waals surface area contributed by atoms with E-state index in [0.29, 0.717) is 49.3 Å². The molecule has 1 unspecified atom stereocenters. The number of urea groups is 1. The number of nitrogens with one attached hydrogen (secondary N) is 1. The summed E-state index contributed by atoms with van der Waals surface area (Å²) in [4.78, 5) is 51.8. The molecule has 3 aromatic rings. The zero-order valence-corrected chi connectivity index (χ0v) is 20.1. The molecule has 1 N–H and O–H groups in total. The zero-order valence-electron chi connectivity index (χ0n) is 18.5. The molecule has 0 saturated carbocycles. The number of carbonyl (C=O) groups is 3. The number of halogens is 1. The van der Waals surface area contributed by atoms with E-state index in [4.69, 9.17) is 4.74 Å². The lowest BCUT2D eigenvalue weighted by Crippen LogP contribution is -2.68. The monoisotopic (exact) mass is 536 g/mol. The van der Waals surface area contributed by atoms with Crippen LogP contribution in [0.25, 0.3) is 0 Å². The van der Waals surface area contributed by atoms with Crippen LogP contribution in [-0.4, -0.2) is 64.9 Å². The minimum absolute atomic E-state index is 0.351. The second-order valence-corrected chi connectivity index (χ2v) is 8.91. The molecule has 2 aromatic carbocycles. The van der Waals surface area contributed by atoms with Crippen molar-refractivity contribution in [1.82, 2.24) is 20.2 Å². The summed E-state index contributed by atoms with van der Waals surface area (Å²) in [6.07, 6.45) is 3.34. The van der Waals surface area contributed by atoms with Crippen LogP contribution in [0.3, 0.4) is 0 Å². The lowest BCUT2D eigenvalue weighted by Gasteiger charge is -2.40. The highest BCUT2D eigenvalue weighted by Crippen LogP contribution is 2.27. The molecule has 4 amide bonds. The Labute approximate surface area is 209 Å². The van der Waals surface area contributed by atoms with Gasteiger partial charge in [-0.2, -0.15) is 0 Å². The molecule has 0 spiro atoms. The molecular formula is C24H21BrN6O4. The molecule has 10 nitrogen and oxygen atoms in total. The van der Waals surface area contributed by atoms with Gasteiger partial charge >= 0.3 is 6.03 Å². The predicted octanol–water partition coefficient (Wildman–Crippen LogP) is 2.81. The first kappa shape index (κ1) is 22.9. The Morgan fingerprint density at radius 2 is 1.46 bits per heavy atom. The Morgan fingerprint density at radius 3 is 2.09 bits per heavy atom. The first-order chi connectivity index (χ1) is 17.0. The Morgan fingerprint density at radius 1 is 0.857 bits per heavy atom. The summed E-state index contributed by atoms with van der Waals surface area (Å²) in [5.41, 5.74) is 0.351. The molecule has 1 aromatic heterocycles. The van der Waals surface area contributed by atoms with Crippen molar-refractivity contribution >= 4 is 45.4 Å². The average molecular weight is 537 g/mol. The number of ether oxygens (including phenoxy) is 1. The van der Waals surface area contributed by atoms with Gasteiger partial charge < -0.3 is 9.64 Å². The van der Waals surface area contributed by atoms with Crippen LogP contribution >= 0.6 is 15.9 Å². The number of imide groups is 2. The molecule has 35 heavy (non-hydrogen) atoms. The van der Waals surface area contributed by atoms with Crippen LogP contribution < -0.4 is 19.9 Å². The van der Waals surface area contributed by atoms with Gasteiger partial charge in [0.1, 0.15) is 11.5 Å². The van der Waals surface area contributed by atoms with E-state index in [1.54, 1.807) is 47.6 Å². The third-order valence-corrected chi connectivity index (χ3v) is 6.32. The average Bonchev–Trinajstić information content (AvgIpc) is 2.87. The molecule has 0 bridgehead atoms. The van der Waals surface area contributed by atoms with Crippen molar-refractivity contribution in [1.29, 1.82) is 0 Å². The number of piperazine rings is 1. The third kappa shape index (κ3) is 4.86. The zero-order chi connectivity index (χ0) is 24.4. The largest absolute Gasteiger partial charge is 0.457 e. The molecule has 1 atom stereocenters. The van der Waals surface area contributed by atoms with Crippen molar-refractivity contribution in [2.45, 2.75) is 6.04 Å². The predicted molar refractivity (Wildman–Crippen MR) is 131 cm³/mol.